The molecule has 1 heterocycles. The minimum atomic E-state index is 0. The van der Waals surface area contributed by atoms with Crippen molar-refractivity contribution in [3.8, 4) is 5.75 Å². The zero-order valence-corrected chi connectivity index (χ0v) is 15.5. The predicted octanol–water partition coefficient (Wildman–Crippen LogP) is 3.23. The van der Waals surface area contributed by atoms with Gasteiger partial charge in [0.2, 0.25) is 5.91 Å². The number of hydrogen-bond acceptors (Lipinski definition) is 3. The Morgan fingerprint density at radius 3 is 2.73 bits per heavy atom. The number of methoxy groups -OCH3 is 1. The highest BCUT2D eigenvalue weighted by Crippen LogP contribution is 2.25. The van der Waals surface area contributed by atoms with Crippen LogP contribution >= 0.6 is 28.3 Å². The van der Waals surface area contributed by atoms with Crippen LogP contribution in [-0.2, 0) is 11.3 Å². The fourth-order valence-corrected chi connectivity index (χ4v) is 3.11. The fraction of sp³-hybridized carbons (Fsp3) is 0.562. The summed E-state index contributed by atoms with van der Waals surface area (Å²) in [7, 11) is 3.52. The molecule has 22 heavy (non-hydrogen) atoms. The lowest BCUT2D eigenvalue weighted by molar-refractivity contribution is -0.131. The summed E-state index contributed by atoms with van der Waals surface area (Å²) < 4.78 is 6.36. The monoisotopic (exact) mass is 390 g/mol. The van der Waals surface area contributed by atoms with Gasteiger partial charge in [-0.2, -0.15) is 0 Å². The van der Waals surface area contributed by atoms with Crippen molar-refractivity contribution in [2.24, 2.45) is 5.92 Å². The van der Waals surface area contributed by atoms with Gasteiger partial charge in [-0.3, -0.25) is 4.79 Å². The third-order valence-corrected chi connectivity index (χ3v) is 4.49. The molecule has 0 radical (unpaired) electrons. The van der Waals surface area contributed by atoms with Gasteiger partial charge >= 0.3 is 0 Å². The summed E-state index contributed by atoms with van der Waals surface area (Å²) in [6.45, 7) is 2.63. The lowest BCUT2D eigenvalue weighted by Gasteiger charge is -2.25. The first-order chi connectivity index (χ1) is 10.1. The van der Waals surface area contributed by atoms with E-state index >= 15 is 0 Å². The van der Waals surface area contributed by atoms with Crippen LogP contribution in [0.3, 0.4) is 0 Å². The maximum atomic E-state index is 12.4. The average molecular weight is 392 g/mol. The van der Waals surface area contributed by atoms with Gasteiger partial charge in [0, 0.05) is 30.0 Å². The number of halogens is 2. The van der Waals surface area contributed by atoms with Crippen molar-refractivity contribution in [3.05, 3.63) is 28.2 Å². The van der Waals surface area contributed by atoms with Gasteiger partial charge in [-0.1, -0.05) is 15.9 Å². The largest absolute Gasteiger partial charge is 0.496 e. The topological polar surface area (TPSA) is 41.6 Å². The lowest BCUT2D eigenvalue weighted by Crippen LogP contribution is -2.33. The molecule has 124 valence electrons. The number of nitrogens with zero attached hydrogens (tertiary/aromatic N) is 1. The molecule has 0 aromatic heterocycles. The van der Waals surface area contributed by atoms with E-state index in [1.165, 1.54) is 0 Å². The summed E-state index contributed by atoms with van der Waals surface area (Å²) in [6, 6.07) is 5.87. The number of piperidine rings is 1. The highest BCUT2D eigenvalue weighted by atomic mass is 79.9. The van der Waals surface area contributed by atoms with Gasteiger partial charge in [0.15, 0.2) is 0 Å². The first-order valence-corrected chi connectivity index (χ1v) is 8.16. The van der Waals surface area contributed by atoms with Gasteiger partial charge in [-0.25, -0.2) is 0 Å². The Morgan fingerprint density at radius 1 is 1.41 bits per heavy atom. The molecule has 1 N–H and O–H groups in total. The van der Waals surface area contributed by atoms with Crippen LogP contribution in [0.15, 0.2) is 22.7 Å². The van der Waals surface area contributed by atoms with Crippen molar-refractivity contribution in [1.29, 1.82) is 0 Å². The number of nitrogens with one attached hydrogen (secondary N) is 1. The van der Waals surface area contributed by atoms with Gasteiger partial charge in [-0.05, 0) is 50.0 Å². The maximum Gasteiger partial charge on any atom is 0.222 e. The van der Waals surface area contributed by atoms with Crippen LogP contribution in [0, 0.1) is 5.92 Å². The molecule has 0 unspecified atom stereocenters. The molecule has 1 amide bonds. The smallest absolute Gasteiger partial charge is 0.222 e. The molecule has 1 fully saturated rings. The molecular formula is C16H24BrClN2O2. The van der Waals surface area contributed by atoms with Gasteiger partial charge in [0.25, 0.3) is 0 Å². The third-order valence-electron chi connectivity index (χ3n) is 4.00. The first kappa shape index (κ1) is 19.3. The summed E-state index contributed by atoms with van der Waals surface area (Å²) in [4.78, 5) is 14.2. The molecule has 6 heteroatoms. The second-order valence-corrected chi connectivity index (χ2v) is 6.52. The molecular weight excluding hydrogens is 368 g/mol. The molecule has 0 aliphatic carbocycles. The summed E-state index contributed by atoms with van der Waals surface area (Å²) >= 11 is 3.47. The quantitative estimate of drug-likeness (QED) is 0.838. The molecule has 1 saturated heterocycles. The van der Waals surface area contributed by atoms with Gasteiger partial charge in [0.1, 0.15) is 5.75 Å². The van der Waals surface area contributed by atoms with Crippen molar-refractivity contribution < 1.29 is 9.53 Å². The van der Waals surface area contributed by atoms with Crippen LogP contribution < -0.4 is 10.1 Å². The number of carbonyl (C=O) groups excluding carboxylic acids is 1. The van der Waals surface area contributed by atoms with Gasteiger partial charge < -0.3 is 15.0 Å². The fourth-order valence-electron chi connectivity index (χ4n) is 2.70. The number of amides is 1. The van der Waals surface area contributed by atoms with E-state index in [1.54, 1.807) is 12.0 Å². The molecule has 1 aromatic carbocycles. The maximum absolute atomic E-state index is 12.4. The highest BCUT2D eigenvalue weighted by molar-refractivity contribution is 9.10. The van der Waals surface area contributed by atoms with E-state index in [1.807, 2.05) is 25.2 Å². The second kappa shape index (κ2) is 9.38. The van der Waals surface area contributed by atoms with Crippen molar-refractivity contribution in [1.82, 2.24) is 10.2 Å². The Morgan fingerprint density at radius 2 is 2.09 bits per heavy atom. The standard InChI is InChI=1S/C16H23BrN2O2.ClH/c1-19(16(20)9-12-5-7-18-8-6-12)11-13-10-14(17)3-4-15(13)21-2;/h3-4,10,12,18H,5-9,11H2,1-2H3;1H. The minimum absolute atomic E-state index is 0. The Bertz CT molecular complexity index is 493. The summed E-state index contributed by atoms with van der Waals surface area (Å²) in [5.74, 6) is 1.55. The lowest BCUT2D eigenvalue weighted by atomic mass is 9.94. The van der Waals surface area contributed by atoms with Crippen LogP contribution in [-0.4, -0.2) is 38.1 Å². The number of ether oxygens (including phenoxy) is 1. The van der Waals surface area contributed by atoms with E-state index < -0.39 is 0 Å². The molecule has 0 saturated carbocycles. The van der Waals surface area contributed by atoms with E-state index in [0.29, 0.717) is 18.9 Å². The Labute approximate surface area is 147 Å². The first-order valence-electron chi connectivity index (χ1n) is 7.37. The molecule has 0 bridgehead atoms. The Kier molecular flexibility index (Phi) is 8.21. The number of rotatable bonds is 5. The SMILES string of the molecule is COc1ccc(Br)cc1CN(C)C(=O)CC1CCNCC1.Cl. The van der Waals surface area contributed by atoms with Crippen molar-refractivity contribution in [2.75, 3.05) is 27.2 Å². The Hall–Kier alpha value is -0.780. The number of benzene rings is 1. The zero-order valence-electron chi connectivity index (χ0n) is 13.1. The van der Waals surface area contributed by atoms with Crippen molar-refractivity contribution in [3.63, 3.8) is 0 Å². The van der Waals surface area contributed by atoms with Crippen LogP contribution in [0.5, 0.6) is 5.75 Å². The van der Waals surface area contributed by atoms with E-state index in [-0.39, 0.29) is 18.3 Å². The van der Waals surface area contributed by atoms with E-state index in [2.05, 4.69) is 21.2 Å². The molecule has 1 aromatic rings. The van der Waals surface area contributed by atoms with Crippen LogP contribution in [0.1, 0.15) is 24.8 Å². The van der Waals surface area contributed by atoms with Gasteiger partial charge in [0.05, 0.1) is 7.11 Å². The van der Waals surface area contributed by atoms with E-state index in [9.17, 15) is 4.79 Å². The minimum Gasteiger partial charge on any atom is -0.496 e. The zero-order chi connectivity index (χ0) is 15.2. The second-order valence-electron chi connectivity index (χ2n) is 5.60. The number of carbonyl (C=O) groups is 1. The van der Waals surface area contributed by atoms with Crippen LogP contribution in [0.2, 0.25) is 0 Å². The van der Waals surface area contributed by atoms with E-state index in [0.717, 1.165) is 41.7 Å². The predicted molar refractivity (Wildman–Crippen MR) is 94.6 cm³/mol. The van der Waals surface area contributed by atoms with Crippen LogP contribution in [0.4, 0.5) is 0 Å². The normalized spacial score (nSPS) is 15.0. The molecule has 1 aliphatic heterocycles. The Balaban J connectivity index is 0.00000242. The molecule has 4 nitrogen and oxygen atoms in total. The highest BCUT2D eigenvalue weighted by Gasteiger charge is 2.19. The van der Waals surface area contributed by atoms with Crippen LogP contribution in [0.25, 0.3) is 0 Å². The summed E-state index contributed by atoms with van der Waals surface area (Å²) in [6.07, 6.45) is 2.84. The van der Waals surface area contributed by atoms with Crippen molar-refractivity contribution >= 4 is 34.2 Å². The molecule has 1 aliphatic rings. The molecule has 0 spiro atoms. The summed E-state index contributed by atoms with van der Waals surface area (Å²) in [5.41, 5.74) is 1.02. The third kappa shape index (κ3) is 5.45. The average Bonchev–Trinajstić information content (AvgIpc) is 2.48. The molecule has 2 rings (SSSR count). The number of hydrogen-bond donors (Lipinski definition) is 1. The van der Waals surface area contributed by atoms with E-state index in [4.69, 9.17) is 4.74 Å². The van der Waals surface area contributed by atoms with Crippen molar-refractivity contribution in [2.45, 2.75) is 25.8 Å². The summed E-state index contributed by atoms with van der Waals surface area (Å²) in [5, 5.41) is 3.33. The van der Waals surface area contributed by atoms with Gasteiger partial charge in [-0.15, -0.1) is 12.4 Å². The molecule has 0 atom stereocenters.